The van der Waals surface area contributed by atoms with Crippen LogP contribution in [0.1, 0.15) is 23.6 Å². The van der Waals surface area contributed by atoms with E-state index in [2.05, 4.69) is 12.2 Å². The Labute approximate surface area is 193 Å². The highest BCUT2D eigenvalue weighted by Gasteiger charge is 2.39. The van der Waals surface area contributed by atoms with E-state index in [4.69, 9.17) is 9.47 Å². The van der Waals surface area contributed by atoms with Gasteiger partial charge in [0.15, 0.2) is 0 Å². The van der Waals surface area contributed by atoms with Gasteiger partial charge in [-0.3, -0.25) is 14.5 Å². The van der Waals surface area contributed by atoms with Crippen LogP contribution in [0.15, 0.2) is 78.5 Å². The summed E-state index contributed by atoms with van der Waals surface area (Å²) in [5.74, 6) is 0.562. The standard InChI is InChI=1S/C27H26N2O4/c1-4-18-9-13-21(14-10-18)28-25-24(19-11-15-22(32-2)16-12-19)26(30)29(27(25)31)17-20-7-5-6-8-23(20)33-3/h5-16,28H,4,17H2,1-3H3. The lowest BCUT2D eigenvalue weighted by molar-refractivity contribution is -0.137. The maximum absolute atomic E-state index is 13.5. The van der Waals surface area contributed by atoms with Gasteiger partial charge >= 0.3 is 0 Å². The van der Waals surface area contributed by atoms with Crippen LogP contribution in [0.2, 0.25) is 0 Å². The molecule has 168 valence electrons. The average Bonchev–Trinajstić information content (AvgIpc) is 3.09. The van der Waals surface area contributed by atoms with Crippen LogP contribution in [-0.2, 0) is 22.6 Å². The highest BCUT2D eigenvalue weighted by molar-refractivity contribution is 6.36. The molecule has 0 fully saturated rings. The molecule has 1 aliphatic heterocycles. The first-order valence-electron chi connectivity index (χ1n) is 10.8. The number of hydrogen-bond acceptors (Lipinski definition) is 5. The number of anilines is 1. The van der Waals surface area contributed by atoms with Gasteiger partial charge in [-0.2, -0.15) is 0 Å². The summed E-state index contributed by atoms with van der Waals surface area (Å²) >= 11 is 0. The monoisotopic (exact) mass is 442 g/mol. The Kier molecular flexibility index (Phi) is 6.45. The van der Waals surface area contributed by atoms with Crippen molar-refractivity contribution in [2.75, 3.05) is 19.5 Å². The van der Waals surface area contributed by atoms with Gasteiger partial charge in [0.2, 0.25) is 0 Å². The van der Waals surface area contributed by atoms with E-state index in [1.54, 1.807) is 38.5 Å². The summed E-state index contributed by atoms with van der Waals surface area (Å²) < 4.78 is 10.7. The number of aryl methyl sites for hydroxylation is 1. The van der Waals surface area contributed by atoms with Crippen LogP contribution in [0.5, 0.6) is 11.5 Å². The highest BCUT2D eigenvalue weighted by Crippen LogP contribution is 2.33. The van der Waals surface area contributed by atoms with Crippen molar-refractivity contribution in [3.63, 3.8) is 0 Å². The second kappa shape index (κ2) is 9.61. The number of hydrogen-bond donors (Lipinski definition) is 1. The van der Waals surface area contributed by atoms with Crippen molar-refractivity contribution >= 4 is 23.1 Å². The molecule has 1 aliphatic rings. The largest absolute Gasteiger partial charge is 0.497 e. The molecule has 3 aromatic rings. The summed E-state index contributed by atoms with van der Waals surface area (Å²) in [6, 6.07) is 22.3. The number of imide groups is 1. The first kappa shape index (κ1) is 22.1. The quantitative estimate of drug-likeness (QED) is 0.514. The molecule has 0 saturated carbocycles. The Bertz CT molecular complexity index is 1200. The molecule has 0 saturated heterocycles. The molecule has 0 atom stereocenters. The fourth-order valence-corrected chi connectivity index (χ4v) is 3.83. The zero-order chi connectivity index (χ0) is 23.4. The fraction of sp³-hybridized carbons (Fsp3) is 0.185. The van der Waals surface area contributed by atoms with Crippen LogP contribution in [0, 0.1) is 0 Å². The molecule has 0 radical (unpaired) electrons. The Hall–Kier alpha value is -4.06. The molecule has 6 nitrogen and oxygen atoms in total. The van der Waals surface area contributed by atoms with E-state index in [1.165, 1.54) is 10.5 Å². The number of nitrogens with zero attached hydrogens (tertiary/aromatic N) is 1. The van der Waals surface area contributed by atoms with Crippen molar-refractivity contribution in [1.82, 2.24) is 4.90 Å². The molecule has 1 heterocycles. The third-order valence-corrected chi connectivity index (χ3v) is 5.70. The molecule has 0 aliphatic carbocycles. The minimum Gasteiger partial charge on any atom is -0.497 e. The molecule has 0 spiro atoms. The molecule has 33 heavy (non-hydrogen) atoms. The van der Waals surface area contributed by atoms with E-state index < -0.39 is 0 Å². The molecule has 0 bridgehead atoms. The normalized spacial score (nSPS) is 13.5. The summed E-state index contributed by atoms with van der Waals surface area (Å²) in [7, 11) is 3.15. The number of carbonyl (C=O) groups is 2. The summed E-state index contributed by atoms with van der Waals surface area (Å²) in [5.41, 5.74) is 3.92. The number of rotatable bonds is 8. The van der Waals surface area contributed by atoms with Gasteiger partial charge in [-0.15, -0.1) is 0 Å². The van der Waals surface area contributed by atoms with Crippen LogP contribution in [0.25, 0.3) is 5.57 Å². The fourth-order valence-electron chi connectivity index (χ4n) is 3.83. The van der Waals surface area contributed by atoms with Crippen molar-refractivity contribution in [3.8, 4) is 11.5 Å². The predicted octanol–water partition coefficient (Wildman–Crippen LogP) is 4.66. The van der Waals surface area contributed by atoms with Gasteiger partial charge in [0, 0.05) is 11.3 Å². The third kappa shape index (κ3) is 4.46. The van der Waals surface area contributed by atoms with Crippen LogP contribution in [0.4, 0.5) is 5.69 Å². The zero-order valence-corrected chi connectivity index (χ0v) is 18.9. The van der Waals surface area contributed by atoms with Crippen LogP contribution < -0.4 is 14.8 Å². The van der Waals surface area contributed by atoms with Gasteiger partial charge in [-0.1, -0.05) is 49.4 Å². The molecule has 1 N–H and O–H groups in total. The Balaban J connectivity index is 1.73. The van der Waals surface area contributed by atoms with Gasteiger partial charge in [-0.25, -0.2) is 0 Å². The lowest BCUT2D eigenvalue weighted by Crippen LogP contribution is -2.32. The highest BCUT2D eigenvalue weighted by atomic mass is 16.5. The average molecular weight is 443 g/mol. The van der Waals surface area contributed by atoms with E-state index in [-0.39, 0.29) is 24.1 Å². The lowest BCUT2D eigenvalue weighted by Gasteiger charge is -2.17. The number of nitrogens with one attached hydrogen (secondary N) is 1. The number of carbonyl (C=O) groups excluding carboxylic acids is 2. The van der Waals surface area contributed by atoms with E-state index in [9.17, 15) is 9.59 Å². The summed E-state index contributed by atoms with van der Waals surface area (Å²) in [5, 5.41) is 3.20. The van der Waals surface area contributed by atoms with E-state index in [0.29, 0.717) is 22.6 Å². The van der Waals surface area contributed by atoms with Crippen molar-refractivity contribution in [2.45, 2.75) is 19.9 Å². The smallest absolute Gasteiger partial charge is 0.278 e. The van der Waals surface area contributed by atoms with Crippen LogP contribution in [0.3, 0.4) is 0 Å². The van der Waals surface area contributed by atoms with Gasteiger partial charge in [0.1, 0.15) is 17.2 Å². The van der Waals surface area contributed by atoms with E-state index in [1.807, 2.05) is 48.5 Å². The number of ether oxygens (including phenoxy) is 2. The minimum absolute atomic E-state index is 0.112. The third-order valence-electron chi connectivity index (χ3n) is 5.70. The van der Waals surface area contributed by atoms with Gasteiger partial charge in [0.25, 0.3) is 11.8 Å². The number of benzene rings is 3. The van der Waals surface area contributed by atoms with Crippen molar-refractivity contribution < 1.29 is 19.1 Å². The van der Waals surface area contributed by atoms with Gasteiger partial charge in [-0.05, 0) is 47.9 Å². The molecule has 2 amide bonds. The maximum atomic E-state index is 13.5. The number of para-hydroxylation sites is 1. The molecule has 6 heteroatoms. The first-order chi connectivity index (χ1) is 16.0. The molecule has 0 aromatic heterocycles. The Morgan fingerprint density at radius 3 is 2.15 bits per heavy atom. The number of amides is 2. The SMILES string of the molecule is CCc1ccc(NC2=C(c3ccc(OC)cc3)C(=O)N(Cc3ccccc3OC)C2=O)cc1. The zero-order valence-electron chi connectivity index (χ0n) is 18.9. The maximum Gasteiger partial charge on any atom is 0.278 e. The first-order valence-corrected chi connectivity index (χ1v) is 10.8. The summed E-state index contributed by atoms with van der Waals surface area (Å²) in [4.78, 5) is 28.2. The second-order valence-corrected chi connectivity index (χ2v) is 7.66. The minimum atomic E-state index is -0.378. The number of methoxy groups -OCH3 is 2. The topological polar surface area (TPSA) is 67.9 Å². The molecule has 3 aromatic carbocycles. The van der Waals surface area contributed by atoms with E-state index >= 15 is 0 Å². The van der Waals surface area contributed by atoms with Gasteiger partial charge < -0.3 is 14.8 Å². The Morgan fingerprint density at radius 1 is 0.818 bits per heavy atom. The van der Waals surface area contributed by atoms with Gasteiger partial charge in [0.05, 0.1) is 26.3 Å². The van der Waals surface area contributed by atoms with Crippen molar-refractivity contribution in [2.24, 2.45) is 0 Å². The molecule has 4 rings (SSSR count). The summed E-state index contributed by atoms with van der Waals surface area (Å²) in [6.07, 6.45) is 0.921. The molecular formula is C27H26N2O4. The molecular weight excluding hydrogens is 416 g/mol. The summed E-state index contributed by atoms with van der Waals surface area (Å²) in [6.45, 7) is 2.20. The van der Waals surface area contributed by atoms with Crippen LogP contribution >= 0.6 is 0 Å². The second-order valence-electron chi connectivity index (χ2n) is 7.66. The lowest BCUT2D eigenvalue weighted by atomic mass is 10.0. The van der Waals surface area contributed by atoms with E-state index in [0.717, 1.165) is 17.7 Å². The van der Waals surface area contributed by atoms with Crippen molar-refractivity contribution in [1.29, 1.82) is 0 Å². The van der Waals surface area contributed by atoms with Crippen molar-refractivity contribution in [3.05, 3.63) is 95.2 Å². The van der Waals surface area contributed by atoms with Crippen LogP contribution in [-0.4, -0.2) is 30.9 Å². The predicted molar refractivity (Wildman–Crippen MR) is 128 cm³/mol. The Morgan fingerprint density at radius 2 is 1.52 bits per heavy atom. The molecule has 0 unspecified atom stereocenters.